The van der Waals surface area contributed by atoms with E-state index in [1.165, 1.54) is 24.8 Å². The summed E-state index contributed by atoms with van der Waals surface area (Å²) in [5, 5.41) is 3.66. The lowest BCUT2D eigenvalue weighted by Gasteiger charge is -2.25. The van der Waals surface area contributed by atoms with Crippen LogP contribution in [0.15, 0.2) is 30.3 Å². The monoisotopic (exact) mass is 217 g/mol. The van der Waals surface area contributed by atoms with Crippen molar-refractivity contribution >= 4 is 0 Å². The molecule has 0 amide bonds. The average molecular weight is 217 g/mol. The van der Waals surface area contributed by atoms with Crippen LogP contribution < -0.4 is 5.32 Å². The normalized spacial score (nSPS) is 26.9. The third kappa shape index (κ3) is 2.65. The molecule has 0 saturated heterocycles. The fraction of sp³-hybridized carbons (Fsp3) is 0.600. The van der Waals surface area contributed by atoms with E-state index in [2.05, 4.69) is 49.5 Å². The Morgan fingerprint density at radius 3 is 2.56 bits per heavy atom. The lowest BCUT2D eigenvalue weighted by molar-refractivity contribution is 0.365. The van der Waals surface area contributed by atoms with Crippen LogP contribution in [0.3, 0.4) is 0 Å². The second-order valence-electron chi connectivity index (χ2n) is 5.12. The smallest absolute Gasteiger partial charge is 0.0348 e. The van der Waals surface area contributed by atoms with E-state index in [4.69, 9.17) is 0 Å². The maximum atomic E-state index is 3.66. The van der Waals surface area contributed by atoms with Crippen LogP contribution in [0.1, 0.15) is 44.7 Å². The molecule has 1 nitrogen and oxygen atoms in total. The highest BCUT2D eigenvalue weighted by Crippen LogP contribution is 2.38. The second kappa shape index (κ2) is 5.49. The van der Waals surface area contributed by atoms with Crippen LogP contribution in [0.5, 0.6) is 0 Å². The van der Waals surface area contributed by atoms with Crippen molar-refractivity contribution in [2.24, 2.45) is 11.8 Å². The quantitative estimate of drug-likeness (QED) is 0.809. The van der Waals surface area contributed by atoms with Crippen LogP contribution in [0, 0.1) is 11.8 Å². The van der Waals surface area contributed by atoms with Gasteiger partial charge in [0.2, 0.25) is 0 Å². The molecular weight excluding hydrogens is 194 g/mol. The van der Waals surface area contributed by atoms with Crippen LogP contribution in [0.25, 0.3) is 0 Å². The molecular formula is C15H23N. The van der Waals surface area contributed by atoms with E-state index in [0.717, 1.165) is 18.4 Å². The predicted octanol–water partition coefficient (Wildman–Crippen LogP) is 3.77. The minimum absolute atomic E-state index is 0.566. The summed E-state index contributed by atoms with van der Waals surface area (Å²) in [6.07, 6.45) is 4.17. The van der Waals surface area contributed by atoms with E-state index >= 15 is 0 Å². The maximum absolute atomic E-state index is 3.66. The van der Waals surface area contributed by atoms with E-state index < -0.39 is 0 Å². The Balaban J connectivity index is 2.11. The van der Waals surface area contributed by atoms with Gasteiger partial charge in [0.25, 0.3) is 0 Å². The molecule has 3 unspecified atom stereocenters. The van der Waals surface area contributed by atoms with Gasteiger partial charge in [-0.2, -0.15) is 0 Å². The molecule has 0 bridgehead atoms. The largest absolute Gasteiger partial charge is 0.310 e. The van der Waals surface area contributed by atoms with Crippen molar-refractivity contribution in [1.29, 1.82) is 0 Å². The van der Waals surface area contributed by atoms with Gasteiger partial charge < -0.3 is 5.32 Å². The van der Waals surface area contributed by atoms with E-state index in [-0.39, 0.29) is 0 Å². The minimum atomic E-state index is 0.566. The topological polar surface area (TPSA) is 12.0 Å². The number of nitrogens with one attached hydrogen (secondary N) is 1. The minimum Gasteiger partial charge on any atom is -0.310 e. The molecule has 1 saturated carbocycles. The van der Waals surface area contributed by atoms with Crippen molar-refractivity contribution in [2.75, 3.05) is 6.54 Å². The summed E-state index contributed by atoms with van der Waals surface area (Å²) in [7, 11) is 0. The standard InChI is InChI=1S/C15H23N/c1-3-16-15(13-7-5-4-6-8-13)14-10-9-12(2)11-14/h4-8,12,14-16H,3,9-11H2,1-2H3. The summed E-state index contributed by atoms with van der Waals surface area (Å²) < 4.78 is 0. The fourth-order valence-electron chi connectivity index (χ4n) is 2.99. The molecule has 0 radical (unpaired) electrons. The summed E-state index contributed by atoms with van der Waals surface area (Å²) in [5.74, 6) is 1.74. The molecule has 1 heteroatoms. The Kier molecular flexibility index (Phi) is 4.00. The molecule has 0 spiro atoms. The third-order valence-electron chi connectivity index (χ3n) is 3.79. The average Bonchev–Trinajstić information content (AvgIpc) is 2.74. The van der Waals surface area contributed by atoms with Crippen molar-refractivity contribution in [3.63, 3.8) is 0 Å². The lowest BCUT2D eigenvalue weighted by atomic mass is 9.91. The van der Waals surface area contributed by atoms with Gasteiger partial charge in [0.15, 0.2) is 0 Å². The van der Waals surface area contributed by atoms with Crippen LogP contribution in [-0.4, -0.2) is 6.54 Å². The Hall–Kier alpha value is -0.820. The molecule has 1 aliphatic rings. The van der Waals surface area contributed by atoms with E-state index in [0.29, 0.717) is 6.04 Å². The summed E-state index contributed by atoms with van der Waals surface area (Å²) >= 11 is 0. The van der Waals surface area contributed by atoms with Gasteiger partial charge in [-0.25, -0.2) is 0 Å². The van der Waals surface area contributed by atoms with Gasteiger partial charge >= 0.3 is 0 Å². The van der Waals surface area contributed by atoms with Crippen LogP contribution >= 0.6 is 0 Å². The first-order valence-electron chi connectivity index (χ1n) is 6.59. The van der Waals surface area contributed by atoms with Gasteiger partial charge in [-0.1, -0.05) is 50.6 Å². The summed E-state index contributed by atoms with van der Waals surface area (Å²) in [6, 6.07) is 11.5. The predicted molar refractivity (Wildman–Crippen MR) is 69.4 cm³/mol. The Morgan fingerprint density at radius 2 is 2.00 bits per heavy atom. The molecule has 1 N–H and O–H groups in total. The first-order chi connectivity index (χ1) is 7.81. The fourth-order valence-corrected chi connectivity index (χ4v) is 2.99. The summed E-state index contributed by atoms with van der Waals surface area (Å²) in [5.41, 5.74) is 1.46. The summed E-state index contributed by atoms with van der Waals surface area (Å²) in [4.78, 5) is 0. The zero-order chi connectivity index (χ0) is 11.4. The molecule has 1 aromatic rings. The Morgan fingerprint density at radius 1 is 1.25 bits per heavy atom. The van der Waals surface area contributed by atoms with E-state index in [1.807, 2.05) is 0 Å². The zero-order valence-electron chi connectivity index (χ0n) is 10.4. The number of hydrogen-bond donors (Lipinski definition) is 1. The molecule has 1 fully saturated rings. The first-order valence-corrected chi connectivity index (χ1v) is 6.59. The molecule has 0 aliphatic heterocycles. The van der Waals surface area contributed by atoms with Crippen LogP contribution in [0.2, 0.25) is 0 Å². The van der Waals surface area contributed by atoms with Crippen molar-refractivity contribution in [3.8, 4) is 0 Å². The Bertz CT molecular complexity index is 306. The maximum Gasteiger partial charge on any atom is 0.0348 e. The van der Waals surface area contributed by atoms with Crippen molar-refractivity contribution in [2.45, 2.75) is 39.2 Å². The SMILES string of the molecule is CCNC(c1ccccc1)C1CCC(C)C1. The van der Waals surface area contributed by atoms with Gasteiger partial charge in [0, 0.05) is 6.04 Å². The molecule has 1 aromatic carbocycles. The molecule has 88 valence electrons. The highest BCUT2D eigenvalue weighted by atomic mass is 14.9. The first kappa shape index (κ1) is 11.7. The number of rotatable bonds is 4. The number of hydrogen-bond acceptors (Lipinski definition) is 1. The second-order valence-corrected chi connectivity index (χ2v) is 5.12. The molecule has 16 heavy (non-hydrogen) atoms. The third-order valence-corrected chi connectivity index (χ3v) is 3.79. The van der Waals surface area contributed by atoms with Crippen LogP contribution in [-0.2, 0) is 0 Å². The molecule has 1 aliphatic carbocycles. The van der Waals surface area contributed by atoms with Gasteiger partial charge in [-0.15, -0.1) is 0 Å². The van der Waals surface area contributed by atoms with Gasteiger partial charge in [-0.05, 0) is 36.8 Å². The lowest BCUT2D eigenvalue weighted by Crippen LogP contribution is -2.27. The zero-order valence-corrected chi connectivity index (χ0v) is 10.4. The molecule has 3 atom stereocenters. The van der Waals surface area contributed by atoms with Crippen molar-refractivity contribution in [1.82, 2.24) is 5.32 Å². The van der Waals surface area contributed by atoms with Gasteiger partial charge in [0.1, 0.15) is 0 Å². The highest BCUT2D eigenvalue weighted by molar-refractivity contribution is 5.20. The van der Waals surface area contributed by atoms with E-state index in [9.17, 15) is 0 Å². The van der Waals surface area contributed by atoms with Gasteiger partial charge in [-0.3, -0.25) is 0 Å². The van der Waals surface area contributed by atoms with Crippen molar-refractivity contribution < 1.29 is 0 Å². The molecule has 2 rings (SSSR count). The van der Waals surface area contributed by atoms with Crippen LogP contribution in [0.4, 0.5) is 0 Å². The molecule has 0 heterocycles. The van der Waals surface area contributed by atoms with Gasteiger partial charge in [0.05, 0.1) is 0 Å². The van der Waals surface area contributed by atoms with Crippen molar-refractivity contribution in [3.05, 3.63) is 35.9 Å². The Labute approximate surface area is 99.3 Å². The molecule has 0 aromatic heterocycles. The highest BCUT2D eigenvalue weighted by Gasteiger charge is 2.28. The number of benzene rings is 1. The van der Waals surface area contributed by atoms with E-state index in [1.54, 1.807) is 0 Å². The summed E-state index contributed by atoms with van der Waals surface area (Å²) in [6.45, 7) is 5.65.